The van der Waals surface area contributed by atoms with E-state index in [9.17, 15) is 4.79 Å². The van der Waals surface area contributed by atoms with Crippen LogP contribution in [-0.2, 0) is 19.5 Å². The van der Waals surface area contributed by atoms with Gasteiger partial charge in [0.2, 0.25) is 0 Å². The topological polar surface area (TPSA) is 88.5 Å². The number of rotatable bonds is 2. The van der Waals surface area contributed by atoms with Gasteiger partial charge in [0.1, 0.15) is 25.0 Å². The molecule has 0 unspecified atom stereocenters. The van der Waals surface area contributed by atoms with Crippen molar-refractivity contribution in [2.45, 2.75) is 19.5 Å². The van der Waals surface area contributed by atoms with Gasteiger partial charge in [0.25, 0.3) is 5.56 Å². The Morgan fingerprint density at radius 1 is 1.47 bits per heavy atom. The predicted octanol–water partition coefficient (Wildman–Crippen LogP) is -0.945. The van der Waals surface area contributed by atoms with E-state index in [2.05, 4.69) is 25.4 Å². The molecule has 0 atom stereocenters. The lowest BCUT2D eigenvalue weighted by Crippen LogP contribution is -2.32. The Balaban J connectivity index is 1.96. The number of fused-ring (bicyclic) bond motifs is 1. The molecule has 0 fully saturated rings. The molecule has 0 saturated carbocycles. The molecule has 0 aromatic carbocycles. The molecule has 88 valence electrons. The van der Waals surface area contributed by atoms with Gasteiger partial charge in [-0.2, -0.15) is 5.10 Å². The zero-order chi connectivity index (χ0) is 11.7. The summed E-state index contributed by atoms with van der Waals surface area (Å²) >= 11 is 0. The Morgan fingerprint density at radius 3 is 3.24 bits per heavy atom. The Kier molecular flexibility index (Phi) is 2.45. The lowest BCUT2D eigenvalue weighted by molar-refractivity contribution is 0.594. The van der Waals surface area contributed by atoms with Crippen molar-refractivity contribution in [3.8, 4) is 0 Å². The van der Waals surface area contributed by atoms with E-state index in [1.165, 1.54) is 6.33 Å². The van der Waals surface area contributed by atoms with Crippen molar-refractivity contribution in [3.05, 3.63) is 40.1 Å². The zero-order valence-electron chi connectivity index (χ0n) is 9.18. The third kappa shape index (κ3) is 1.96. The van der Waals surface area contributed by atoms with Crippen LogP contribution in [-0.4, -0.2) is 31.3 Å². The van der Waals surface area contributed by atoms with Gasteiger partial charge in [-0.1, -0.05) is 0 Å². The molecular weight excluding hydrogens is 220 g/mol. The molecule has 0 saturated heterocycles. The average Bonchev–Trinajstić information content (AvgIpc) is 2.82. The van der Waals surface area contributed by atoms with Crippen molar-refractivity contribution < 1.29 is 0 Å². The van der Waals surface area contributed by atoms with Crippen LogP contribution >= 0.6 is 0 Å². The fraction of sp³-hybridized carbons (Fsp3) is 0.400. The molecule has 1 aliphatic heterocycles. The number of H-pyrrole nitrogens is 1. The highest BCUT2D eigenvalue weighted by molar-refractivity contribution is 5.20. The van der Waals surface area contributed by atoms with Gasteiger partial charge in [-0.25, -0.2) is 14.6 Å². The smallest absolute Gasteiger partial charge is 0.254 e. The second kappa shape index (κ2) is 4.10. The Hall–Kier alpha value is -2.02. The third-order valence-electron chi connectivity index (χ3n) is 2.77. The Bertz CT molecular complexity index is 573. The van der Waals surface area contributed by atoms with Crippen LogP contribution in [0.5, 0.6) is 0 Å². The van der Waals surface area contributed by atoms with Crippen molar-refractivity contribution in [3.63, 3.8) is 0 Å². The number of aromatic nitrogens is 5. The first-order valence-corrected chi connectivity index (χ1v) is 5.47. The second-order valence-electron chi connectivity index (χ2n) is 3.96. The summed E-state index contributed by atoms with van der Waals surface area (Å²) < 4.78 is 1.63. The maximum atomic E-state index is 11.8. The Labute approximate surface area is 96.9 Å². The summed E-state index contributed by atoms with van der Waals surface area (Å²) in [5, 5.41) is 7.19. The summed E-state index contributed by atoms with van der Waals surface area (Å²) in [6.07, 6.45) is 3.79. The molecule has 2 N–H and O–H groups in total. The molecule has 7 heteroatoms. The van der Waals surface area contributed by atoms with E-state index < -0.39 is 0 Å². The minimum atomic E-state index is -0.0355. The minimum absolute atomic E-state index is 0.0355. The summed E-state index contributed by atoms with van der Waals surface area (Å²) in [6.45, 7) is 1.92. The number of hydrogen-bond acceptors (Lipinski definition) is 5. The number of nitrogens with zero attached hydrogens (tertiary/aromatic N) is 4. The molecule has 1 aliphatic rings. The van der Waals surface area contributed by atoms with Gasteiger partial charge in [0.15, 0.2) is 0 Å². The molecule has 0 bridgehead atoms. The molecule has 3 heterocycles. The molecule has 0 aliphatic carbocycles. The maximum absolute atomic E-state index is 11.8. The van der Waals surface area contributed by atoms with Gasteiger partial charge < -0.3 is 10.3 Å². The molecule has 2 aromatic rings. The van der Waals surface area contributed by atoms with E-state index in [0.29, 0.717) is 18.9 Å². The Morgan fingerprint density at radius 2 is 2.41 bits per heavy atom. The van der Waals surface area contributed by atoms with Crippen LogP contribution in [0.15, 0.2) is 17.4 Å². The lowest BCUT2D eigenvalue weighted by atomic mass is 10.1. The second-order valence-corrected chi connectivity index (χ2v) is 3.96. The molecule has 0 spiro atoms. The fourth-order valence-electron chi connectivity index (χ4n) is 1.96. The largest absolute Gasteiger partial charge is 0.311 e. The molecule has 7 nitrogen and oxygen atoms in total. The van der Waals surface area contributed by atoms with Crippen LogP contribution in [0.1, 0.15) is 17.1 Å². The monoisotopic (exact) mass is 232 g/mol. The first-order valence-electron chi connectivity index (χ1n) is 5.47. The number of nitrogens with one attached hydrogen (secondary N) is 2. The van der Waals surface area contributed by atoms with Gasteiger partial charge in [-0.05, 0) is 13.0 Å². The summed E-state index contributed by atoms with van der Waals surface area (Å²) in [5.74, 6) is 0.614. The molecular formula is C10H12N6O. The average molecular weight is 232 g/mol. The minimum Gasteiger partial charge on any atom is -0.311 e. The first kappa shape index (κ1) is 10.2. The van der Waals surface area contributed by atoms with Gasteiger partial charge in [-0.15, -0.1) is 0 Å². The maximum Gasteiger partial charge on any atom is 0.254 e. The molecule has 0 amide bonds. The third-order valence-corrected chi connectivity index (χ3v) is 2.77. The van der Waals surface area contributed by atoms with Crippen molar-refractivity contribution in [2.24, 2.45) is 0 Å². The van der Waals surface area contributed by atoms with Crippen molar-refractivity contribution in [1.29, 1.82) is 0 Å². The van der Waals surface area contributed by atoms with Gasteiger partial charge in [0.05, 0.1) is 5.69 Å². The van der Waals surface area contributed by atoms with Crippen LogP contribution in [0.2, 0.25) is 0 Å². The van der Waals surface area contributed by atoms with Crippen LogP contribution < -0.4 is 10.9 Å². The van der Waals surface area contributed by atoms with E-state index in [-0.39, 0.29) is 5.56 Å². The molecule has 0 radical (unpaired) electrons. The highest BCUT2D eigenvalue weighted by Gasteiger charge is 2.15. The summed E-state index contributed by atoms with van der Waals surface area (Å²) in [5.41, 5.74) is 1.60. The molecule has 3 rings (SSSR count). The SMILES string of the molecule is O=c1[nH]c(Cn2cncn2)nc2c1CCNC2. The van der Waals surface area contributed by atoms with E-state index in [1.54, 1.807) is 11.0 Å². The number of aromatic amines is 1. The highest BCUT2D eigenvalue weighted by Crippen LogP contribution is 2.06. The van der Waals surface area contributed by atoms with Crippen LogP contribution in [0.4, 0.5) is 0 Å². The highest BCUT2D eigenvalue weighted by atomic mass is 16.1. The van der Waals surface area contributed by atoms with Crippen LogP contribution in [0, 0.1) is 0 Å². The molecule has 2 aromatic heterocycles. The van der Waals surface area contributed by atoms with Gasteiger partial charge in [0, 0.05) is 12.1 Å². The summed E-state index contributed by atoms with van der Waals surface area (Å²) in [6, 6.07) is 0. The van der Waals surface area contributed by atoms with Crippen molar-refractivity contribution >= 4 is 0 Å². The van der Waals surface area contributed by atoms with E-state index >= 15 is 0 Å². The van der Waals surface area contributed by atoms with E-state index in [0.717, 1.165) is 24.2 Å². The van der Waals surface area contributed by atoms with E-state index in [1.807, 2.05) is 0 Å². The van der Waals surface area contributed by atoms with Crippen molar-refractivity contribution in [1.82, 2.24) is 30.0 Å². The lowest BCUT2D eigenvalue weighted by Gasteiger charge is -2.15. The zero-order valence-corrected chi connectivity index (χ0v) is 9.18. The van der Waals surface area contributed by atoms with Gasteiger partial charge >= 0.3 is 0 Å². The number of hydrogen-bond donors (Lipinski definition) is 2. The summed E-state index contributed by atoms with van der Waals surface area (Å²) in [7, 11) is 0. The first-order chi connectivity index (χ1) is 8.33. The standard InChI is InChI=1S/C10H12N6O/c17-10-7-1-2-11-3-8(7)14-9(15-10)4-16-6-12-5-13-16/h5-6,11H,1-4H2,(H,14,15,17). The van der Waals surface area contributed by atoms with Crippen molar-refractivity contribution in [2.75, 3.05) is 6.54 Å². The van der Waals surface area contributed by atoms with E-state index in [4.69, 9.17) is 0 Å². The van der Waals surface area contributed by atoms with Crippen LogP contribution in [0.25, 0.3) is 0 Å². The quantitative estimate of drug-likeness (QED) is 0.697. The molecule has 17 heavy (non-hydrogen) atoms. The normalized spacial score (nSPS) is 14.6. The summed E-state index contributed by atoms with van der Waals surface area (Å²) in [4.78, 5) is 22.9. The van der Waals surface area contributed by atoms with Crippen LogP contribution in [0.3, 0.4) is 0 Å². The fourth-order valence-corrected chi connectivity index (χ4v) is 1.96. The predicted molar refractivity (Wildman–Crippen MR) is 59.4 cm³/mol. The van der Waals surface area contributed by atoms with Gasteiger partial charge in [-0.3, -0.25) is 4.79 Å².